The zero-order chi connectivity index (χ0) is 13.7. The van der Waals surface area contributed by atoms with E-state index in [1.165, 1.54) is 0 Å². The van der Waals surface area contributed by atoms with E-state index in [1.807, 2.05) is 0 Å². The minimum absolute atomic E-state index is 0.0143. The van der Waals surface area contributed by atoms with Gasteiger partial charge in [-0.1, -0.05) is 0 Å². The number of hydrogen-bond acceptors (Lipinski definition) is 4. The van der Waals surface area contributed by atoms with Crippen LogP contribution in [0, 0.1) is 5.92 Å². The number of nitrogens with one attached hydrogen (secondary N) is 1. The van der Waals surface area contributed by atoms with Crippen LogP contribution in [0.1, 0.15) is 25.7 Å². The fraction of sp³-hybridized carbons (Fsp3) is 0.846. The molecule has 0 spiro atoms. The van der Waals surface area contributed by atoms with Gasteiger partial charge in [-0.25, -0.2) is 0 Å². The summed E-state index contributed by atoms with van der Waals surface area (Å²) in [7, 11) is 0. The van der Waals surface area contributed by atoms with Gasteiger partial charge in [-0.2, -0.15) is 0 Å². The zero-order valence-electron chi connectivity index (χ0n) is 11.3. The van der Waals surface area contributed by atoms with Crippen molar-refractivity contribution in [3.05, 3.63) is 0 Å². The third-order valence-electron chi connectivity index (χ3n) is 3.63. The van der Waals surface area contributed by atoms with Crippen LogP contribution in [0.5, 0.6) is 0 Å². The number of nitrogens with zero attached hydrogens (tertiary/aromatic N) is 1. The third-order valence-corrected chi connectivity index (χ3v) is 3.63. The minimum Gasteiger partial charge on any atom is -0.370 e. The van der Waals surface area contributed by atoms with Crippen molar-refractivity contribution < 1.29 is 14.3 Å². The van der Waals surface area contributed by atoms with E-state index in [0.717, 1.165) is 25.7 Å². The summed E-state index contributed by atoms with van der Waals surface area (Å²) in [6.07, 6.45) is 3.73. The van der Waals surface area contributed by atoms with Gasteiger partial charge >= 0.3 is 0 Å². The van der Waals surface area contributed by atoms with Crippen LogP contribution in [0.25, 0.3) is 0 Å². The number of hydrogen-bond donors (Lipinski definition) is 2. The first-order valence-corrected chi connectivity index (χ1v) is 7.06. The Hall–Kier alpha value is -1.14. The van der Waals surface area contributed by atoms with Crippen LogP contribution in [0.15, 0.2) is 0 Å². The maximum Gasteiger partial charge on any atom is 0.248 e. The lowest BCUT2D eigenvalue weighted by Gasteiger charge is -2.32. The van der Waals surface area contributed by atoms with Gasteiger partial charge < -0.3 is 20.7 Å². The van der Waals surface area contributed by atoms with Gasteiger partial charge in [0.05, 0.1) is 6.61 Å². The second kappa shape index (κ2) is 6.86. The molecule has 108 valence electrons. The fourth-order valence-corrected chi connectivity index (χ4v) is 2.27. The van der Waals surface area contributed by atoms with Crippen molar-refractivity contribution in [2.24, 2.45) is 11.7 Å². The Kier molecular flexibility index (Phi) is 5.15. The van der Waals surface area contributed by atoms with Gasteiger partial charge in [0.2, 0.25) is 11.8 Å². The maximum absolute atomic E-state index is 11.8. The molecule has 2 amide bonds. The number of ether oxygens (including phenoxy) is 1. The van der Waals surface area contributed by atoms with Gasteiger partial charge in [-0.3, -0.25) is 9.59 Å². The van der Waals surface area contributed by atoms with Crippen molar-refractivity contribution in [1.29, 1.82) is 0 Å². The quantitative estimate of drug-likeness (QED) is 0.635. The monoisotopic (exact) mass is 269 g/mol. The highest BCUT2D eigenvalue weighted by Crippen LogP contribution is 2.29. The second-order valence-electron chi connectivity index (χ2n) is 5.28. The Morgan fingerprint density at radius 1 is 1.21 bits per heavy atom. The predicted octanol–water partition coefficient (Wildman–Crippen LogP) is -0.521. The molecule has 19 heavy (non-hydrogen) atoms. The molecule has 3 N–H and O–H groups in total. The van der Waals surface area contributed by atoms with Gasteiger partial charge in [0, 0.05) is 31.6 Å². The summed E-state index contributed by atoms with van der Waals surface area (Å²) < 4.78 is 5.14. The molecule has 2 aliphatic rings. The number of rotatable bonds is 6. The Labute approximate surface area is 113 Å². The Balaban J connectivity index is 1.63. The maximum atomic E-state index is 11.8. The van der Waals surface area contributed by atoms with Crippen LogP contribution in [0.3, 0.4) is 0 Å². The molecule has 6 nitrogen and oxygen atoms in total. The normalized spacial score (nSPS) is 20.4. The van der Waals surface area contributed by atoms with E-state index in [0.29, 0.717) is 26.2 Å². The summed E-state index contributed by atoms with van der Waals surface area (Å²) in [5.74, 6) is 0.459. The van der Waals surface area contributed by atoms with E-state index < -0.39 is 0 Å². The van der Waals surface area contributed by atoms with Gasteiger partial charge in [-0.05, 0) is 25.7 Å². The van der Waals surface area contributed by atoms with Crippen LogP contribution in [0.2, 0.25) is 0 Å². The van der Waals surface area contributed by atoms with Gasteiger partial charge in [-0.15, -0.1) is 0 Å². The molecule has 1 aliphatic heterocycles. The number of carbonyl (C=O) groups excluding carboxylic acids is 2. The molecule has 1 heterocycles. The van der Waals surface area contributed by atoms with Crippen LogP contribution in [-0.4, -0.2) is 55.6 Å². The van der Waals surface area contributed by atoms with Gasteiger partial charge in [0.25, 0.3) is 0 Å². The van der Waals surface area contributed by atoms with Crippen molar-refractivity contribution >= 4 is 11.8 Å². The highest BCUT2D eigenvalue weighted by atomic mass is 16.5. The molecule has 1 aliphatic carbocycles. The number of amides is 2. The van der Waals surface area contributed by atoms with Crippen LogP contribution in [0.4, 0.5) is 0 Å². The fourth-order valence-electron chi connectivity index (χ4n) is 2.27. The zero-order valence-corrected chi connectivity index (χ0v) is 11.3. The van der Waals surface area contributed by atoms with Gasteiger partial charge in [0.1, 0.15) is 6.61 Å². The van der Waals surface area contributed by atoms with E-state index in [4.69, 9.17) is 10.5 Å². The summed E-state index contributed by atoms with van der Waals surface area (Å²) in [4.78, 5) is 25.2. The predicted molar refractivity (Wildman–Crippen MR) is 70.3 cm³/mol. The van der Waals surface area contributed by atoms with Crippen LogP contribution < -0.4 is 11.1 Å². The molecular formula is C13H23N3O3. The van der Waals surface area contributed by atoms with E-state index >= 15 is 0 Å². The van der Waals surface area contributed by atoms with E-state index in [1.54, 1.807) is 4.90 Å². The smallest absolute Gasteiger partial charge is 0.248 e. The van der Waals surface area contributed by atoms with E-state index in [2.05, 4.69) is 5.32 Å². The highest BCUT2D eigenvalue weighted by molar-refractivity contribution is 5.81. The minimum atomic E-state index is 0.0143. The largest absolute Gasteiger partial charge is 0.370 e. The molecule has 0 aromatic rings. The Bertz CT molecular complexity index is 323. The average molecular weight is 269 g/mol. The summed E-state index contributed by atoms with van der Waals surface area (Å²) >= 11 is 0. The van der Waals surface area contributed by atoms with Crippen LogP contribution in [-0.2, 0) is 14.3 Å². The highest BCUT2D eigenvalue weighted by Gasteiger charge is 2.32. The average Bonchev–Trinajstić information content (AvgIpc) is 3.24. The standard InChI is InChI=1S/C13H23N3O3/c14-5-8-19-9-12(17)16-6-3-11(4-7-16)15-13(18)10-1-2-10/h10-11H,1-9,14H2,(H,15,18). The molecule has 1 saturated carbocycles. The lowest BCUT2D eigenvalue weighted by atomic mass is 10.0. The second-order valence-corrected chi connectivity index (χ2v) is 5.28. The van der Waals surface area contributed by atoms with Crippen molar-refractivity contribution in [3.8, 4) is 0 Å². The molecular weight excluding hydrogens is 246 g/mol. The molecule has 0 radical (unpaired) electrons. The van der Waals surface area contributed by atoms with Crippen molar-refractivity contribution in [1.82, 2.24) is 10.2 Å². The first-order valence-electron chi connectivity index (χ1n) is 7.06. The number of nitrogens with two attached hydrogens (primary N) is 1. The third kappa shape index (κ3) is 4.47. The molecule has 6 heteroatoms. The Morgan fingerprint density at radius 3 is 2.47 bits per heavy atom. The molecule has 2 rings (SSSR count). The summed E-state index contributed by atoms with van der Waals surface area (Å²) in [5, 5.41) is 3.07. The lowest BCUT2D eigenvalue weighted by Crippen LogP contribution is -2.47. The first-order chi connectivity index (χ1) is 9.20. The molecule has 0 aromatic carbocycles. The SMILES string of the molecule is NCCOCC(=O)N1CCC(NC(=O)C2CC2)CC1. The number of likely N-dealkylation sites (tertiary alicyclic amines) is 1. The Morgan fingerprint density at radius 2 is 1.89 bits per heavy atom. The van der Waals surface area contributed by atoms with E-state index in [-0.39, 0.29) is 30.4 Å². The number of carbonyl (C=O) groups is 2. The summed E-state index contributed by atoms with van der Waals surface area (Å²) in [6.45, 7) is 2.35. The van der Waals surface area contributed by atoms with Crippen molar-refractivity contribution in [2.75, 3.05) is 32.8 Å². The summed E-state index contributed by atoms with van der Waals surface area (Å²) in [6, 6.07) is 0.224. The van der Waals surface area contributed by atoms with E-state index in [9.17, 15) is 9.59 Å². The molecule has 1 saturated heterocycles. The number of piperidine rings is 1. The first kappa shape index (κ1) is 14.3. The van der Waals surface area contributed by atoms with Gasteiger partial charge in [0.15, 0.2) is 0 Å². The molecule has 2 fully saturated rings. The molecule has 0 bridgehead atoms. The molecule has 0 aromatic heterocycles. The van der Waals surface area contributed by atoms with Crippen molar-refractivity contribution in [3.63, 3.8) is 0 Å². The topological polar surface area (TPSA) is 84.7 Å². The summed E-state index contributed by atoms with van der Waals surface area (Å²) in [5.41, 5.74) is 5.30. The molecule has 0 atom stereocenters. The lowest BCUT2D eigenvalue weighted by molar-refractivity contribution is -0.137. The van der Waals surface area contributed by atoms with Crippen molar-refractivity contribution in [2.45, 2.75) is 31.7 Å². The molecule has 0 unspecified atom stereocenters. The van der Waals surface area contributed by atoms with Crippen LogP contribution >= 0.6 is 0 Å².